The lowest BCUT2D eigenvalue weighted by Gasteiger charge is -2.04. The minimum Gasteiger partial charge on any atom is -0.462 e. The van der Waals surface area contributed by atoms with Gasteiger partial charge in [0.05, 0.1) is 34.8 Å². The van der Waals surface area contributed by atoms with Crippen LogP contribution in [0.3, 0.4) is 0 Å². The summed E-state index contributed by atoms with van der Waals surface area (Å²) in [6, 6.07) is 5.03. The van der Waals surface area contributed by atoms with Crippen LogP contribution < -0.4 is 5.56 Å². The van der Waals surface area contributed by atoms with E-state index >= 15 is 0 Å². The molecule has 3 aromatic rings. The number of nitrogens with one attached hydrogen (secondary N) is 2. The SMILES string of the molecule is CCOC(=O)c1ccc2c(c1)[nH]c(=O)c1cn[nH]c12. The molecule has 0 bridgehead atoms. The average Bonchev–Trinajstić information content (AvgIpc) is 2.88. The van der Waals surface area contributed by atoms with E-state index in [-0.39, 0.29) is 5.56 Å². The number of fused-ring (bicyclic) bond motifs is 3. The van der Waals surface area contributed by atoms with Gasteiger partial charge in [0.25, 0.3) is 5.56 Å². The highest BCUT2D eigenvalue weighted by molar-refractivity contribution is 6.04. The van der Waals surface area contributed by atoms with Gasteiger partial charge >= 0.3 is 5.97 Å². The van der Waals surface area contributed by atoms with Gasteiger partial charge < -0.3 is 9.72 Å². The van der Waals surface area contributed by atoms with Gasteiger partial charge in [-0.25, -0.2) is 4.79 Å². The minimum atomic E-state index is -0.407. The van der Waals surface area contributed by atoms with Gasteiger partial charge in [0, 0.05) is 5.39 Å². The first-order valence-electron chi connectivity index (χ1n) is 5.87. The van der Waals surface area contributed by atoms with E-state index in [1.54, 1.807) is 25.1 Å². The summed E-state index contributed by atoms with van der Waals surface area (Å²) in [6.45, 7) is 2.06. The number of pyridine rings is 1. The van der Waals surface area contributed by atoms with Gasteiger partial charge in [-0.1, -0.05) is 0 Å². The van der Waals surface area contributed by atoms with E-state index in [2.05, 4.69) is 15.2 Å². The number of esters is 1. The van der Waals surface area contributed by atoms with E-state index in [1.807, 2.05) is 0 Å². The molecule has 0 fully saturated rings. The highest BCUT2D eigenvalue weighted by Gasteiger charge is 2.11. The lowest BCUT2D eigenvalue weighted by molar-refractivity contribution is 0.0526. The third-order valence-electron chi connectivity index (χ3n) is 2.93. The van der Waals surface area contributed by atoms with Crippen LogP contribution in [0, 0.1) is 0 Å². The summed E-state index contributed by atoms with van der Waals surface area (Å²) in [6.07, 6.45) is 1.48. The van der Waals surface area contributed by atoms with Crippen molar-refractivity contribution in [3.8, 4) is 0 Å². The van der Waals surface area contributed by atoms with Crippen molar-refractivity contribution in [3.63, 3.8) is 0 Å². The molecule has 0 aliphatic heterocycles. The Morgan fingerprint density at radius 2 is 2.21 bits per heavy atom. The molecule has 0 saturated heterocycles. The average molecular weight is 257 g/mol. The molecule has 6 nitrogen and oxygen atoms in total. The van der Waals surface area contributed by atoms with Crippen LogP contribution >= 0.6 is 0 Å². The van der Waals surface area contributed by atoms with Gasteiger partial charge in [0.2, 0.25) is 0 Å². The number of rotatable bonds is 2. The summed E-state index contributed by atoms with van der Waals surface area (Å²) < 4.78 is 4.93. The Bertz CT molecular complexity index is 832. The smallest absolute Gasteiger partial charge is 0.338 e. The minimum absolute atomic E-state index is 0.239. The van der Waals surface area contributed by atoms with Gasteiger partial charge in [0.1, 0.15) is 0 Å². The van der Waals surface area contributed by atoms with E-state index in [9.17, 15) is 9.59 Å². The molecule has 0 amide bonds. The second kappa shape index (κ2) is 4.24. The molecular formula is C13H11N3O3. The van der Waals surface area contributed by atoms with E-state index in [4.69, 9.17) is 4.74 Å². The Kier molecular flexibility index (Phi) is 2.56. The van der Waals surface area contributed by atoms with Crippen molar-refractivity contribution >= 4 is 27.8 Å². The summed E-state index contributed by atoms with van der Waals surface area (Å²) in [4.78, 5) is 26.2. The lowest BCUT2D eigenvalue weighted by atomic mass is 10.1. The van der Waals surface area contributed by atoms with Crippen LogP contribution in [0.2, 0.25) is 0 Å². The molecule has 0 atom stereocenters. The molecular weight excluding hydrogens is 246 g/mol. The number of carbonyl (C=O) groups excluding carboxylic acids is 1. The van der Waals surface area contributed by atoms with Crippen molar-refractivity contribution < 1.29 is 9.53 Å². The Labute approximate surface area is 107 Å². The van der Waals surface area contributed by atoms with Gasteiger partial charge in [-0.05, 0) is 25.1 Å². The number of benzene rings is 1. The molecule has 0 aliphatic rings. The molecule has 6 heteroatoms. The fourth-order valence-electron chi connectivity index (χ4n) is 2.06. The Hall–Kier alpha value is -2.63. The lowest BCUT2D eigenvalue weighted by Crippen LogP contribution is -2.08. The van der Waals surface area contributed by atoms with Crippen LogP contribution in [-0.4, -0.2) is 27.8 Å². The molecule has 0 unspecified atom stereocenters. The molecule has 3 rings (SSSR count). The van der Waals surface area contributed by atoms with E-state index in [1.165, 1.54) is 6.20 Å². The van der Waals surface area contributed by atoms with Crippen molar-refractivity contribution in [1.29, 1.82) is 0 Å². The normalized spacial score (nSPS) is 11.0. The first-order valence-corrected chi connectivity index (χ1v) is 5.87. The first-order chi connectivity index (χ1) is 9.20. The van der Waals surface area contributed by atoms with Crippen LogP contribution in [0.15, 0.2) is 29.2 Å². The maximum Gasteiger partial charge on any atom is 0.338 e. The number of carbonyl (C=O) groups is 1. The van der Waals surface area contributed by atoms with Gasteiger partial charge in [0.15, 0.2) is 0 Å². The van der Waals surface area contributed by atoms with E-state index in [0.29, 0.717) is 28.6 Å². The Morgan fingerprint density at radius 1 is 1.37 bits per heavy atom. The predicted molar refractivity (Wildman–Crippen MR) is 70.2 cm³/mol. The fraction of sp³-hybridized carbons (Fsp3) is 0.154. The van der Waals surface area contributed by atoms with Crippen LogP contribution in [0.4, 0.5) is 0 Å². The molecule has 96 valence electrons. The molecule has 2 aromatic heterocycles. The zero-order chi connectivity index (χ0) is 13.4. The van der Waals surface area contributed by atoms with Crippen molar-refractivity contribution in [2.75, 3.05) is 6.61 Å². The molecule has 2 heterocycles. The Balaban J connectivity index is 2.26. The van der Waals surface area contributed by atoms with Crippen molar-refractivity contribution in [3.05, 3.63) is 40.3 Å². The Morgan fingerprint density at radius 3 is 3.00 bits per heavy atom. The molecule has 0 radical (unpaired) electrons. The number of aromatic amines is 2. The van der Waals surface area contributed by atoms with Crippen LogP contribution in [0.5, 0.6) is 0 Å². The molecule has 0 spiro atoms. The standard InChI is InChI=1S/C13H11N3O3/c1-2-19-13(18)7-3-4-8-10(5-7)15-12(17)9-6-14-16-11(8)9/h3-6H,2H2,1H3,(H,14,16)(H,15,17). The second-order valence-corrected chi connectivity index (χ2v) is 4.09. The highest BCUT2D eigenvalue weighted by Crippen LogP contribution is 2.20. The third-order valence-corrected chi connectivity index (χ3v) is 2.93. The molecule has 2 N–H and O–H groups in total. The van der Waals surface area contributed by atoms with Gasteiger partial charge in [-0.15, -0.1) is 0 Å². The summed E-state index contributed by atoms with van der Waals surface area (Å²) in [5.74, 6) is -0.407. The largest absolute Gasteiger partial charge is 0.462 e. The van der Waals surface area contributed by atoms with Crippen LogP contribution in [-0.2, 0) is 4.74 Å². The maximum absolute atomic E-state index is 11.8. The fourth-order valence-corrected chi connectivity index (χ4v) is 2.06. The van der Waals surface area contributed by atoms with Crippen molar-refractivity contribution in [2.45, 2.75) is 6.92 Å². The maximum atomic E-state index is 11.8. The first kappa shape index (κ1) is 11.5. The number of hydrogen-bond donors (Lipinski definition) is 2. The number of hydrogen-bond acceptors (Lipinski definition) is 4. The highest BCUT2D eigenvalue weighted by atomic mass is 16.5. The van der Waals surface area contributed by atoms with Gasteiger partial charge in [-0.3, -0.25) is 9.89 Å². The summed E-state index contributed by atoms with van der Waals surface area (Å²) in [5, 5.41) is 7.96. The molecule has 1 aromatic carbocycles. The van der Waals surface area contributed by atoms with Gasteiger partial charge in [-0.2, -0.15) is 5.10 Å². The van der Waals surface area contributed by atoms with Crippen molar-refractivity contribution in [2.24, 2.45) is 0 Å². The topological polar surface area (TPSA) is 87.8 Å². The number of ether oxygens (including phenoxy) is 1. The van der Waals surface area contributed by atoms with E-state index < -0.39 is 5.97 Å². The summed E-state index contributed by atoms with van der Waals surface area (Å²) >= 11 is 0. The second-order valence-electron chi connectivity index (χ2n) is 4.09. The molecule has 0 aliphatic carbocycles. The number of nitrogens with zero attached hydrogens (tertiary/aromatic N) is 1. The zero-order valence-electron chi connectivity index (χ0n) is 10.2. The predicted octanol–water partition coefficient (Wildman–Crippen LogP) is 1.58. The number of H-pyrrole nitrogens is 2. The summed E-state index contributed by atoms with van der Waals surface area (Å²) in [7, 11) is 0. The molecule has 0 saturated carbocycles. The monoisotopic (exact) mass is 257 g/mol. The van der Waals surface area contributed by atoms with Crippen molar-refractivity contribution in [1.82, 2.24) is 15.2 Å². The summed E-state index contributed by atoms with van der Waals surface area (Å²) in [5.41, 5.74) is 1.41. The van der Waals surface area contributed by atoms with Crippen LogP contribution in [0.25, 0.3) is 21.8 Å². The quantitative estimate of drug-likeness (QED) is 0.682. The molecule has 19 heavy (non-hydrogen) atoms. The zero-order valence-corrected chi connectivity index (χ0v) is 10.2. The number of aromatic nitrogens is 3. The third kappa shape index (κ3) is 1.77. The van der Waals surface area contributed by atoms with E-state index in [0.717, 1.165) is 5.39 Å². The van der Waals surface area contributed by atoms with Crippen LogP contribution in [0.1, 0.15) is 17.3 Å².